The van der Waals surface area contributed by atoms with Crippen molar-refractivity contribution in [3.63, 3.8) is 0 Å². The van der Waals surface area contributed by atoms with Gasteiger partial charge in [-0.3, -0.25) is 9.59 Å². The van der Waals surface area contributed by atoms with Gasteiger partial charge in [0.2, 0.25) is 0 Å². The number of carbonyl (C=O) groups excluding carboxylic acids is 2. The van der Waals surface area contributed by atoms with Crippen molar-refractivity contribution in [2.24, 2.45) is 0 Å². The van der Waals surface area contributed by atoms with Gasteiger partial charge in [0, 0.05) is 11.8 Å². The molecule has 2 heterocycles. The van der Waals surface area contributed by atoms with Crippen molar-refractivity contribution in [1.29, 1.82) is 0 Å². The van der Waals surface area contributed by atoms with Gasteiger partial charge in [-0.25, -0.2) is 0 Å². The quantitative estimate of drug-likeness (QED) is 0.666. The topological polar surface area (TPSA) is 67.9 Å². The zero-order valence-electron chi connectivity index (χ0n) is 15.9. The van der Waals surface area contributed by atoms with Gasteiger partial charge >= 0.3 is 0 Å². The highest BCUT2D eigenvalue weighted by molar-refractivity contribution is 7.12. The molecule has 0 fully saturated rings. The summed E-state index contributed by atoms with van der Waals surface area (Å²) in [7, 11) is 0. The van der Waals surface area contributed by atoms with Gasteiger partial charge in [0.25, 0.3) is 11.8 Å². The van der Waals surface area contributed by atoms with E-state index in [1.165, 1.54) is 11.3 Å². The molecule has 0 bridgehead atoms. The third kappa shape index (κ3) is 4.41. The highest BCUT2D eigenvalue weighted by atomic mass is 32.1. The molecule has 4 rings (SSSR count). The van der Waals surface area contributed by atoms with Crippen LogP contribution in [0.4, 0.5) is 11.4 Å². The van der Waals surface area contributed by atoms with E-state index in [0.717, 1.165) is 11.3 Å². The minimum Gasteiger partial charge on any atom is -0.492 e. The van der Waals surface area contributed by atoms with E-state index in [-0.39, 0.29) is 18.4 Å². The Labute approximate surface area is 172 Å². The molecule has 0 unspecified atom stereocenters. The Kier molecular flexibility index (Phi) is 5.48. The van der Waals surface area contributed by atoms with Gasteiger partial charge in [0.05, 0.1) is 17.1 Å². The number of anilines is 2. The standard InChI is InChI=1S/C22H20N2O4S/c1-15-4-2-5-17(12-15)27-10-9-24-18-8-7-16(13-19(18)28-14-21(24)25)23-22(26)20-6-3-11-29-20/h2-8,11-13H,9-10,14H2,1H3,(H,23,26). The molecule has 2 aromatic carbocycles. The fourth-order valence-corrected chi connectivity index (χ4v) is 3.71. The predicted molar refractivity (Wildman–Crippen MR) is 113 cm³/mol. The summed E-state index contributed by atoms with van der Waals surface area (Å²) < 4.78 is 11.4. The highest BCUT2D eigenvalue weighted by Gasteiger charge is 2.26. The van der Waals surface area contributed by atoms with Crippen molar-refractivity contribution in [3.05, 3.63) is 70.4 Å². The van der Waals surface area contributed by atoms with Crippen LogP contribution in [0.3, 0.4) is 0 Å². The highest BCUT2D eigenvalue weighted by Crippen LogP contribution is 2.34. The van der Waals surface area contributed by atoms with Crippen LogP contribution in [0.1, 0.15) is 15.2 Å². The average Bonchev–Trinajstić information content (AvgIpc) is 3.25. The number of ether oxygens (including phenoxy) is 2. The van der Waals surface area contributed by atoms with E-state index < -0.39 is 0 Å². The fraction of sp³-hybridized carbons (Fsp3) is 0.182. The first-order chi connectivity index (χ1) is 14.1. The smallest absolute Gasteiger partial charge is 0.265 e. The Morgan fingerprint density at radius 3 is 2.90 bits per heavy atom. The Bertz CT molecular complexity index is 1030. The van der Waals surface area contributed by atoms with E-state index in [9.17, 15) is 9.59 Å². The number of nitrogens with zero attached hydrogens (tertiary/aromatic N) is 1. The van der Waals surface area contributed by atoms with Crippen LogP contribution in [0.15, 0.2) is 60.0 Å². The number of fused-ring (bicyclic) bond motifs is 1. The van der Waals surface area contributed by atoms with Crippen LogP contribution < -0.4 is 19.7 Å². The van der Waals surface area contributed by atoms with E-state index in [4.69, 9.17) is 9.47 Å². The van der Waals surface area contributed by atoms with Gasteiger partial charge in [0.15, 0.2) is 6.61 Å². The number of nitrogens with one attached hydrogen (secondary N) is 1. The van der Waals surface area contributed by atoms with Crippen LogP contribution in [0, 0.1) is 6.92 Å². The molecule has 1 aliphatic rings. The second-order valence-corrected chi connectivity index (χ2v) is 7.56. The lowest BCUT2D eigenvalue weighted by atomic mass is 10.2. The van der Waals surface area contributed by atoms with Crippen LogP contribution in [0.2, 0.25) is 0 Å². The minimum absolute atomic E-state index is 0.0419. The van der Waals surface area contributed by atoms with Crippen LogP contribution in [-0.2, 0) is 4.79 Å². The van der Waals surface area contributed by atoms with Gasteiger partial charge in [-0.15, -0.1) is 11.3 Å². The van der Waals surface area contributed by atoms with Gasteiger partial charge < -0.3 is 19.7 Å². The second-order valence-electron chi connectivity index (χ2n) is 6.61. The number of thiophene rings is 1. The number of hydrogen-bond donors (Lipinski definition) is 1. The normalized spacial score (nSPS) is 12.9. The molecule has 2 amide bonds. The van der Waals surface area contributed by atoms with Crippen LogP contribution in [0.25, 0.3) is 0 Å². The first-order valence-electron chi connectivity index (χ1n) is 9.22. The summed E-state index contributed by atoms with van der Waals surface area (Å²) in [4.78, 5) is 26.9. The molecule has 7 heteroatoms. The number of hydrogen-bond acceptors (Lipinski definition) is 5. The summed E-state index contributed by atoms with van der Waals surface area (Å²) in [5, 5.41) is 4.71. The van der Waals surface area contributed by atoms with Gasteiger partial charge in [-0.2, -0.15) is 0 Å². The third-order valence-corrected chi connectivity index (χ3v) is 5.35. The molecule has 0 aliphatic carbocycles. The summed E-state index contributed by atoms with van der Waals surface area (Å²) in [6.45, 7) is 2.73. The summed E-state index contributed by atoms with van der Waals surface area (Å²) in [6.07, 6.45) is 0. The molecule has 0 saturated heterocycles. The second kappa shape index (κ2) is 8.36. The Hall–Kier alpha value is -3.32. The lowest BCUT2D eigenvalue weighted by Crippen LogP contribution is -2.41. The maximum atomic E-state index is 12.3. The zero-order chi connectivity index (χ0) is 20.2. The lowest BCUT2D eigenvalue weighted by molar-refractivity contribution is -0.121. The Morgan fingerprint density at radius 2 is 2.10 bits per heavy atom. The van der Waals surface area contributed by atoms with E-state index in [1.54, 1.807) is 29.2 Å². The summed E-state index contributed by atoms with van der Waals surface area (Å²) in [5.41, 5.74) is 2.41. The molecule has 1 N–H and O–H groups in total. The fourth-order valence-electron chi connectivity index (χ4n) is 3.09. The number of aryl methyl sites for hydroxylation is 1. The van der Waals surface area contributed by atoms with Crippen molar-refractivity contribution in [3.8, 4) is 11.5 Å². The van der Waals surface area contributed by atoms with Crippen molar-refractivity contribution in [2.75, 3.05) is 30.0 Å². The molecule has 0 atom stereocenters. The largest absolute Gasteiger partial charge is 0.492 e. The molecular formula is C22H20N2O4S. The minimum atomic E-state index is -0.171. The molecule has 6 nitrogen and oxygen atoms in total. The van der Waals surface area contributed by atoms with E-state index in [2.05, 4.69) is 5.32 Å². The molecule has 3 aromatic rings. The van der Waals surface area contributed by atoms with Crippen LogP contribution in [0.5, 0.6) is 11.5 Å². The summed E-state index contributed by atoms with van der Waals surface area (Å²) >= 11 is 1.38. The predicted octanol–water partition coefficient (Wildman–Crippen LogP) is 4.11. The molecule has 29 heavy (non-hydrogen) atoms. The van der Waals surface area contributed by atoms with Crippen molar-refractivity contribution in [2.45, 2.75) is 6.92 Å². The van der Waals surface area contributed by atoms with Crippen LogP contribution >= 0.6 is 11.3 Å². The maximum absolute atomic E-state index is 12.3. The van der Waals surface area contributed by atoms with Crippen LogP contribution in [-0.4, -0.2) is 31.6 Å². The first-order valence-corrected chi connectivity index (χ1v) is 10.1. The molecule has 0 saturated carbocycles. The molecule has 148 valence electrons. The first kappa shape index (κ1) is 19.0. The number of benzene rings is 2. The number of amides is 2. The number of rotatable bonds is 6. The molecule has 1 aliphatic heterocycles. The summed E-state index contributed by atoms with van der Waals surface area (Å²) in [6, 6.07) is 16.7. The van der Waals surface area contributed by atoms with Crippen molar-refractivity contribution < 1.29 is 19.1 Å². The molecular weight excluding hydrogens is 388 g/mol. The number of carbonyl (C=O) groups is 2. The molecule has 1 aromatic heterocycles. The monoisotopic (exact) mass is 408 g/mol. The Balaban J connectivity index is 1.44. The van der Waals surface area contributed by atoms with Gasteiger partial charge in [0.1, 0.15) is 18.1 Å². The zero-order valence-corrected chi connectivity index (χ0v) is 16.7. The lowest BCUT2D eigenvalue weighted by Gasteiger charge is -2.29. The van der Waals surface area contributed by atoms with E-state index >= 15 is 0 Å². The Morgan fingerprint density at radius 1 is 1.21 bits per heavy atom. The van der Waals surface area contributed by atoms with Crippen molar-refractivity contribution >= 4 is 34.5 Å². The summed E-state index contributed by atoms with van der Waals surface area (Å²) in [5.74, 6) is 1.04. The molecule has 0 spiro atoms. The average molecular weight is 408 g/mol. The van der Waals surface area contributed by atoms with Gasteiger partial charge in [-0.05, 0) is 48.2 Å². The van der Waals surface area contributed by atoms with Crippen molar-refractivity contribution in [1.82, 2.24) is 0 Å². The third-order valence-electron chi connectivity index (χ3n) is 4.48. The SMILES string of the molecule is Cc1cccc(OCCN2C(=O)COc3cc(NC(=O)c4cccs4)ccc32)c1. The van der Waals surface area contributed by atoms with E-state index in [0.29, 0.717) is 35.2 Å². The van der Waals surface area contributed by atoms with E-state index in [1.807, 2.05) is 42.6 Å². The molecule has 0 radical (unpaired) electrons. The van der Waals surface area contributed by atoms with Gasteiger partial charge in [-0.1, -0.05) is 18.2 Å². The maximum Gasteiger partial charge on any atom is 0.265 e.